The number of halogens is 1. The lowest BCUT2D eigenvalue weighted by Gasteiger charge is -2.06. The lowest BCUT2D eigenvalue weighted by Crippen LogP contribution is -2.09. The highest BCUT2D eigenvalue weighted by Gasteiger charge is 2.24. The molecule has 1 aliphatic rings. The zero-order valence-corrected chi connectivity index (χ0v) is 7.11. The fourth-order valence-corrected chi connectivity index (χ4v) is 1.27. The van der Waals surface area contributed by atoms with Crippen molar-refractivity contribution < 1.29 is 19.0 Å². The van der Waals surface area contributed by atoms with E-state index in [1.54, 1.807) is 0 Å². The molecule has 14 heavy (non-hydrogen) atoms. The maximum absolute atomic E-state index is 12.6. The Morgan fingerprint density at radius 3 is 2.43 bits per heavy atom. The molecule has 0 saturated carbocycles. The Balaban J connectivity index is 2.36. The van der Waals surface area contributed by atoms with E-state index in [4.69, 9.17) is 0 Å². The van der Waals surface area contributed by atoms with Crippen molar-refractivity contribution in [1.82, 2.24) is 0 Å². The highest BCUT2D eigenvalue weighted by molar-refractivity contribution is 5.96. The van der Waals surface area contributed by atoms with Crippen LogP contribution >= 0.6 is 0 Å². The number of ether oxygens (including phenoxy) is 1. The molecule has 2 rings (SSSR count). The van der Waals surface area contributed by atoms with Crippen molar-refractivity contribution in [3.8, 4) is 0 Å². The van der Waals surface area contributed by atoms with Gasteiger partial charge >= 0.3 is 5.97 Å². The summed E-state index contributed by atoms with van der Waals surface area (Å²) in [6.07, 6.45) is -0.0503. The predicted molar refractivity (Wildman–Crippen MR) is 46.5 cm³/mol. The van der Waals surface area contributed by atoms with Gasteiger partial charge in [0.15, 0.2) is 0 Å². The average Bonchev–Trinajstić information content (AvgIpc) is 2.47. The molecule has 1 heterocycles. The number of aliphatic hydroxyl groups is 1. The van der Waals surface area contributed by atoms with Crippen molar-refractivity contribution in [3.05, 3.63) is 41.7 Å². The number of carbonyl (C=O) groups excluding carboxylic acids is 1. The molecule has 0 bridgehead atoms. The van der Waals surface area contributed by atoms with Crippen LogP contribution in [0.4, 0.5) is 4.39 Å². The number of rotatable bonds is 1. The molecule has 4 heteroatoms. The third-order valence-corrected chi connectivity index (χ3v) is 1.94. The molecule has 1 aromatic rings. The first-order valence-corrected chi connectivity index (χ1v) is 4.03. The van der Waals surface area contributed by atoms with E-state index in [9.17, 15) is 14.3 Å². The number of esters is 1. The fraction of sp³-hybridized carbons (Fsp3) is 0.100. The maximum atomic E-state index is 12.6. The van der Waals surface area contributed by atoms with E-state index >= 15 is 0 Å². The van der Waals surface area contributed by atoms with Crippen LogP contribution in [0.25, 0.3) is 5.57 Å². The molecule has 1 atom stereocenters. The van der Waals surface area contributed by atoms with Gasteiger partial charge in [-0.2, -0.15) is 0 Å². The number of cyclic esters (lactones) is 1. The summed E-state index contributed by atoms with van der Waals surface area (Å²) in [5.74, 6) is -0.953. The van der Waals surface area contributed by atoms with Crippen molar-refractivity contribution in [2.75, 3.05) is 0 Å². The Bertz CT molecular complexity index is 394. The molecule has 0 saturated heterocycles. The van der Waals surface area contributed by atoms with Gasteiger partial charge in [-0.15, -0.1) is 0 Å². The third kappa shape index (κ3) is 1.52. The second-order valence-electron chi connectivity index (χ2n) is 2.90. The lowest BCUT2D eigenvalue weighted by atomic mass is 10.1. The van der Waals surface area contributed by atoms with Crippen LogP contribution in [0.15, 0.2) is 30.3 Å². The molecule has 1 unspecified atom stereocenters. The monoisotopic (exact) mass is 194 g/mol. The van der Waals surface area contributed by atoms with E-state index in [0.29, 0.717) is 11.1 Å². The second kappa shape index (κ2) is 3.23. The van der Waals surface area contributed by atoms with Gasteiger partial charge in [0, 0.05) is 11.6 Å². The van der Waals surface area contributed by atoms with Crippen LogP contribution in [0.1, 0.15) is 5.56 Å². The van der Waals surface area contributed by atoms with Gasteiger partial charge in [0.2, 0.25) is 6.29 Å². The number of hydrogen-bond acceptors (Lipinski definition) is 3. The van der Waals surface area contributed by atoms with Gasteiger partial charge in [-0.3, -0.25) is 0 Å². The molecule has 0 aromatic heterocycles. The van der Waals surface area contributed by atoms with Crippen LogP contribution in [-0.4, -0.2) is 17.4 Å². The summed E-state index contributed by atoms with van der Waals surface area (Å²) in [5.41, 5.74) is 0.930. The van der Waals surface area contributed by atoms with Crippen LogP contribution in [0.3, 0.4) is 0 Å². The van der Waals surface area contributed by atoms with Crippen LogP contribution in [0.2, 0.25) is 0 Å². The first-order valence-electron chi connectivity index (χ1n) is 4.03. The Labute approximate surface area is 79.4 Å². The van der Waals surface area contributed by atoms with E-state index in [2.05, 4.69) is 4.74 Å². The van der Waals surface area contributed by atoms with Crippen molar-refractivity contribution >= 4 is 11.5 Å². The SMILES string of the molecule is O=C1C=C(c2ccc(F)cc2)C(O)O1. The summed E-state index contributed by atoms with van der Waals surface area (Å²) in [5, 5.41) is 9.28. The van der Waals surface area contributed by atoms with Gasteiger partial charge in [0.1, 0.15) is 5.82 Å². The molecular weight excluding hydrogens is 187 g/mol. The normalized spacial score (nSPS) is 20.6. The Morgan fingerprint density at radius 2 is 1.93 bits per heavy atom. The quantitative estimate of drug-likeness (QED) is 0.680. The Morgan fingerprint density at radius 1 is 1.29 bits per heavy atom. The average molecular weight is 194 g/mol. The zero-order chi connectivity index (χ0) is 10.1. The van der Waals surface area contributed by atoms with Crippen molar-refractivity contribution in [2.45, 2.75) is 6.29 Å². The minimum absolute atomic E-state index is 0.356. The number of hydrogen-bond donors (Lipinski definition) is 1. The van der Waals surface area contributed by atoms with Gasteiger partial charge in [-0.25, -0.2) is 9.18 Å². The predicted octanol–water partition coefficient (Wildman–Crippen LogP) is 1.08. The van der Waals surface area contributed by atoms with Gasteiger partial charge in [-0.1, -0.05) is 12.1 Å². The minimum Gasteiger partial charge on any atom is -0.428 e. The topological polar surface area (TPSA) is 46.5 Å². The summed E-state index contributed by atoms with van der Waals surface area (Å²) < 4.78 is 17.1. The Kier molecular flexibility index (Phi) is 2.05. The zero-order valence-electron chi connectivity index (χ0n) is 7.11. The smallest absolute Gasteiger partial charge is 0.333 e. The molecular formula is C10H7FO3. The number of carbonyl (C=O) groups is 1. The van der Waals surface area contributed by atoms with Crippen LogP contribution in [-0.2, 0) is 9.53 Å². The summed E-state index contributed by atoms with van der Waals surface area (Å²) in [6, 6.07) is 5.47. The van der Waals surface area contributed by atoms with Crippen LogP contribution in [0, 0.1) is 5.82 Å². The van der Waals surface area contributed by atoms with E-state index in [1.807, 2.05) is 0 Å². The van der Waals surface area contributed by atoms with Crippen molar-refractivity contribution in [1.29, 1.82) is 0 Å². The van der Waals surface area contributed by atoms with Crippen LogP contribution < -0.4 is 0 Å². The summed E-state index contributed by atoms with van der Waals surface area (Å²) in [6.45, 7) is 0. The van der Waals surface area contributed by atoms with Gasteiger partial charge < -0.3 is 9.84 Å². The molecule has 1 N–H and O–H groups in total. The molecule has 0 amide bonds. The van der Waals surface area contributed by atoms with Gasteiger partial charge in [0.25, 0.3) is 0 Å². The summed E-state index contributed by atoms with van der Waals surface area (Å²) in [7, 11) is 0. The molecule has 0 aliphatic carbocycles. The molecule has 72 valence electrons. The van der Waals surface area contributed by atoms with Gasteiger partial charge in [-0.05, 0) is 17.7 Å². The highest BCUT2D eigenvalue weighted by Crippen LogP contribution is 2.24. The fourth-order valence-electron chi connectivity index (χ4n) is 1.27. The number of benzene rings is 1. The standard InChI is InChI=1S/C10H7FO3/c11-7-3-1-6(2-4-7)8-5-9(12)14-10(8)13/h1-5,10,13H. The van der Waals surface area contributed by atoms with Gasteiger partial charge in [0.05, 0.1) is 0 Å². The lowest BCUT2D eigenvalue weighted by molar-refractivity contribution is -0.149. The molecule has 1 aromatic carbocycles. The molecule has 1 aliphatic heterocycles. The van der Waals surface area contributed by atoms with Crippen molar-refractivity contribution in [3.63, 3.8) is 0 Å². The van der Waals surface area contributed by atoms with Crippen LogP contribution in [0.5, 0.6) is 0 Å². The third-order valence-electron chi connectivity index (χ3n) is 1.94. The molecule has 0 fully saturated rings. The molecule has 3 nitrogen and oxygen atoms in total. The largest absolute Gasteiger partial charge is 0.428 e. The molecule has 0 radical (unpaired) electrons. The maximum Gasteiger partial charge on any atom is 0.333 e. The number of aliphatic hydroxyl groups excluding tert-OH is 1. The molecule has 0 spiro atoms. The first-order chi connectivity index (χ1) is 6.66. The van der Waals surface area contributed by atoms with E-state index < -0.39 is 12.3 Å². The van der Waals surface area contributed by atoms with E-state index in [1.165, 1.54) is 30.3 Å². The first kappa shape index (κ1) is 8.90. The minimum atomic E-state index is -1.24. The van der Waals surface area contributed by atoms with Crippen molar-refractivity contribution in [2.24, 2.45) is 0 Å². The summed E-state index contributed by atoms with van der Waals surface area (Å²) in [4.78, 5) is 10.8. The Hall–Kier alpha value is -1.68. The summed E-state index contributed by atoms with van der Waals surface area (Å²) >= 11 is 0. The van der Waals surface area contributed by atoms with E-state index in [-0.39, 0.29) is 5.82 Å². The van der Waals surface area contributed by atoms with E-state index in [0.717, 1.165) is 0 Å². The highest BCUT2D eigenvalue weighted by atomic mass is 19.1. The second-order valence-corrected chi connectivity index (χ2v) is 2.90.